The largest absolute Gasteiger partial charge is 0.207 e. The van der Waals surface area contributed by atoms with Crippen molar-refractivity contribution in [3.63, 3.8) is 0 Å². The topological polar surface area (TPSA) is 0 Å². The molecule has 0 aliphatic heterocycles. The number of aryl methyl sites for hydroxylation is 1. The van der Waals surface area contributed by atoms with Crippen molar-refractivity contribution in [3.05, 3.63) is 58.9 Å². The number of unbranched alkanes of at least 4 members (excludes halogenated alkanes) is 3. The van der Waals surface area contributed by atoms with Gasteiger partial charge in [-0.25, -0.2) is 13.2 Å². The highest BCUT2D eigenvalue weighted by Gasteiger charge is 2.37. The molecular weight excluding hydrogens is 429 g/mol. The van der Waals surface area contributed by atoms with Crippen molar-refractivity contribution in [1.82, 2.24) is 0 Å². The van der Waals surface area contributed by atoms with Crippen molar-refractivity contribution in [2.45, 2.75) is 103 Å². The molecule has 0 saturated heterocycles. The van der Waals surface area contributed by atoms with Crippen molar-refractivity contribution in [2.24, 2.45) is 17.8 Å². The minimum Gasteiger partial charge on any atom is -0.207 e. The third-order valence-electron chi connectivity index (χ3n) is 8.61. The second kappa shape index (κ2) is 11.8. The zero-order valence-electron chi connectivity index (χ0n) is 21.0. The van der Waals surface area contributed by atoms with Crippen LogP contribution >= 0.6 is 0 Å². The van der Waals surface area contributed by atoms with E-state index in [0.717, 1.165) is 37.2 Å². The summed E-state index contributed by atoms with van der Waals surface area (Å²) in [6.45, 7) is 4.20. The summed E-state index contributed by atoms with van der Waals surface area (Å²) in [7, 11) is 0. The lowest BCUT2D eigenvalue weighted by Crippen LogP contribution is -2.31. The van der Waals surface area contributed by atoms with E-state index in [-0.39, 0.29) is 16.9 Å². The Balaban J connectivity index is 1.47. The van der Waals surface area contributed by atoms with Crippen LogP contribution in [0.3, 0.4) is 0 Å². The van der Waals surface area contributed by atoms with Gasteiger partial charge in [-0.15, -0.1) is 0 Å². The molecule has 0 amide bonds. The normalized spacial score (nSPS) is 25.2. The quantitative estimate of drug-likeness (QED) is 0.253. The van der Waals surface area contributed by atoms with E-state index < -0.39 is 17.5 Å². The molecule has 2 aromatic rings. The predicted octanol–water partition coefficient (Wildman–Crippen LogP) is 10.0. The number of allylic oxidation sites excluding steroid dienone is 2. The Kier molecular flexibility index (Phi) is 8.77. The molecule has 0 radical (unpaired) electrons. The molecule has 2 fully saturated rings. The van der Waals surface area contributed by atoms with E-state index in [1.807, 2.05) is 19.1 Å². The average molecular weight is 471 g/mol. The Labute approximate surface area is 204 Å². The third-order valence-corrected chi connectivity index (χ3v) is 8.61. The highest BCUT2D eigenvalue weighted by atomic mass is 19.1. The molecule has 2 aliphatic carbocycles. The summed E-state index contributed by atoms with van der Waals surface area (Å²) in [5.74, 6) is 0.219. The highest BCUT2D eigenvalue weighted by Crippen LogP contribution is 2.49. The lowest BCUT2D eigenvalue weighted by Gasteiger charge is -2.42. The molecular formula is C31H41F3. The fourth-order valence-corrected chi connectivity index (χ4v) is 6.79. The molecule has 186 valence electrons. The first-order chi connectivity index (χ1) is 16.5. The minimum absolute atomic E-state index is 0.0379. The van der Waals surface area contributed by atoms with Gasteiger partial charge >= 0.3 is 0 Å². The van der Waals surface area contributed by atoms with Crippen LogP contribution in [0.25, 0.3) is 10.8 Å². The van der Waals surface area contributed by atoms with Gasteiger partial charge in [0.25, 0.3) is 0 Å². The van der Waals surface area contributed by atoms with Gasteiger partial charge < -0.3 is 0 Å². The van der Waals surface area contributed by atoms with E-state index in [4.69, 9.17) is 0 Å². The van der Waals surface area contributed by atoms with E-state index in [0.29, 0.717) is 23.6 Å². The Morgan fingerprint density at radius 1 is 0.882 bits per heavy atom. The van der Waals surface area contributed by atoms with Gasteiger partial charge in [0.05, 0.1) is 5.39 Å². The highest BCUT2D eigenvalue weighted by molar-refractivity contribution is 5.85. The van der Waals surface area contributed by atoms with Crippen LogP contribution in [0.1, 0.15) is 108 Å². The van der Waals surface area contributed by atoms with Crippen LogP contribution in [0.15, 0.2) is 30.4 Å². The maximum absolute atomic E-state index is 15.6. The predicted molar refractivity (Wildman–Crippen MR) is 137 cm³/mol. The van der Waals surface area contributed by atoms with Crippen LogP contribution in [0.4, 0.5) is 13.2 Å². The smallest absolute Gasteiger partial charge is 0.140 e. The summed E-state index contributed by atoms with van der Waals surface area (Å²) in [4.78, 5) is 0. The van der Waals surface area contributed by atoms with Crippen LogP contribution in [0, 0.1) is 35.2 Å². The van der Waals surface area contributed by atoms with Gasteiger partial charge in [0.2, 0.25) is 0 Å². The first-order valence-corrected chi connectivity index (χ1v) is 13.7. The summed E-state index contributed by atoms with van der Waals surface area (Å²) < 4.78 is 45.8. The zero-order chi connectivity index (χ0) is 24.1. The van der Waals surface area contributed by atoms with Crippen LogP contribution in [0.5, 0.6) is 0 Å². The lowest BCUT2D eigenvalue weighted by atomic mass is 9.63. The first-order valence-electron chi connectivity index (χ1n) is 13.7. The van der Waals surface area contributed by atoms with Gasteiger partial charge in [-0.2, -0.15) is 0 Å². The fourth-order valence-electron chi connectivity index (χ4n) is 6.79. The number of fused-ring (bicyclic) bond motifs is 2. The Morgan fingerprint density at radius 2 is 1.68 bits per heavy atom. The lowest BCUT2D eigenvalue weighted by molar-refractivity contribution is 0.111. The number of rotatable bonds is 9. The SMILES string of the molecule is C/C=C/CCc1cc(F)c2c(F)c(C3CCC4CC(CCCCCC)CCC4C3)c(F)cc2c1. The molecule has 4 rings (SSSR count). The van der Waals surface area contributed by atoms with Gasteiger partial charge in [-0.05, 0) is 98.6 Å². The van der Waals surface area contributed by atoms with Crippen LogP contribution in [-0.4, -0.2) is 0 Å². The average Bonchev–Trinajstić information content (AvgIpc) is 2.81. The van der Waals surface area contributed by atoms with Crippen LogP contribution in [0.2, 0.25) is 0 Å². The summed E-state index contributed by atoms with van der Waals surface area (Å²) in [5, 5.41) is 0.301. The van der Waals surface area contributed by atoms with Gasteiger partial charge in [0, 0.05) is 5.56 Å². The molecule has 0 spiro atoms. The Bertz CT molecular complexity index is 992. The summed E-state index contributed by atoms with van der Waals surface area (Å²) in [6, 6.07) is 4.54. The summed E-state index contributed by atoms with van der Waals surface area (Å²) in [5.41, 5.74) is 0.912. The molecule has 2 aliphatic rings. The molecule has 34 heavy (non-hydrogen) atoms. The standard InChI is InChI=1S/C31H41F3/c1-3-5-7-9-10-21-12-13-24-19-25(15-14-23(24)16-21)29-28(33)20-26-17-22(11-8-6-4-2)18-27(32)30(26)31(29)34/h4,6,17-18,20-21,23-25H,3,5,7-16,19H2,1-2H3/b6-4+. The number of hydrogen-bond donors (Lipinski definition) is 0. The van der Waals surface area contributed by atoms with Gasteiger partial charge in [0.15, 0.2) is 0 Å². The van der Waals surface area contributed by atoms with Gasteiger partial charge in [0.1, 0.15) is 17.5 Å². The van der Waals surface area contributed by atoms with Crippen molar-refractivity contribution in [2.75, 3.05) is 0 Å². The molecule has 0 N–H and O–H groups in total. The van der Waals surface area contributed by atoms with Crippen molar-refractivity contribution < 1.29 is 13.2 Å². The van der Waals surface area contributed by atoms with Crippen LogP contribution < -0.4 is 0 Å². The molecule has 4 unspecified atom stereocenters. The van der Waals surface area contributed by atoms with Crippen molar-refractivity contribution in [3.8, 4) is 0 Å². The monoisotopic (exact) mass is 470 g/mol. The summed E-state index contributed by atoms with van der Waals surface area (Å²) in [6.07, 6.45) is 18.5. The maximum atomic E-state index is 15.6. The summed E-state index contributed by atoms with van der Waals surface area (Å²) >= 11 is 0. The van der Waals surface area contributed by atoms with E-state index in [2.05, 4.69) is 6.92 Å². The number of hydrogen-bond acceptors (Lipinski definition) is 0. The first kappa shape index (κ1) is 25.3. The molecule has 0 heterocycles. The Morgan fingerprint density at radius 3 is 2.47 bits per heavy atom. The number of halogens is 3. The second-order valence-electron chi connectivity index (χ2n) is 10.9. The van der Waals surface area contributed by atoms with Gasteiger partial charge in [-0.1, -0.05) is 63.7 Å². The van der Waals surface area contributed by atoms with E-state index >= 15 is 8.78 Å². The van der Waals surface area contributed by atoms with Crippen LogP contribution in [-0.2, 0) is 6.42 Å². The third kappa shape index (κ3) is 5.71. The molecule has 0 nitrogen and oxygen atoms in total. The maximum Gasteiger partial charge on any atom is 0.140 e. The Hall–Kier alpha value is -1.77. The minimum atomic E-state index is -0.666. The zero-order valence-corrected chi connectivity index (χ0v) is 21.0. The second-order valence-corrected chi connectivity index (χ2v) is 10.9. The van der Waals surface area contributed by atoms with Crippen molar-refractivity contribution >= 4 is 10.8 Å². The fraction of sp³-hybridized carbons (Fsp3) is 0.613. The molecule has 0 bridgehead atoms. The van der Waals surface area contributed by atoms with E-state index in [9.17, 15) is 4.39 Å². The van der Waals surface area contributed by atoms with E-state index in [1.165, 1.54) is 63.5 Å². The molecule has 3 heteroatoms. The molecule has 2 aromatic carbocycles. The molecule has 4 atom stereocenters. The molecule has 2 saturated carbocycles. The van der Waals surface area contributed by atoms with Gasteiger partial charge in [-0.3, -0.25) is 0 Å². The van der Waals surface area contributed by atoms with E-state index in [1.54, 1.807) is 6.07 Å². The number of benzene rings is 2. The molecule has 0 aromatic heterocycles. The van der Waals surface area contributed by atoms with Crippen molar-refractivity contribution in [1.29, 1.82) is 0 Å².